The van der Waals surface area contributed by atoms with Crippen LogP contribution in [0.2, 0.25) is 0 Å². The van der Waals surface area contributed by atoms with Crippen LogP contribution in [0.1, 0.15) is 40.8 Å². The third kappa shape index (κ3) is 3.37. The summed E-state index contributed by atoms with van der Waals surface area (Å²) >= 11 is 0. The molecule has 1 unspecified atom stereocenters. The zero-order chi connectivity index (χ0) is 24.2. The maximum Gasteiger partial charge on any atom is 0.254 e. The molecule has 2 aliphatic rings. The Morgan fingerprint density at radius 1 is 0.943 bits per heavy atom. The van der Waals surface area contributed by atoms with Crippen molar-refractivity contribution in [3.05, 3.63) is 107 Å². The molecule has 5 nitrogen and oxygen atoms in total. The fourth-order valence-corrected chi connectivity index (χ4v) is 5.86. The Labute approximate surface area is 205 Å². The fraction of sp³-hybridized carbons (Fsp3) is 0.267. The van der Waals surface area contributed by atoms with Crippen LogP contribution in [0.15, 0.2) is 78.9 Å². The predicted molar refractivity (Wildman–Crippen MR) is 137 cm³/mol. The molecule has 0 aliphatic carbocycles. The topological polar surface area (TPSA) is 56.4 Å². The molecule has 2 amide bonds. The number of carbonyl (C=O) groups is 2. The first-order chi connectivity index (χ1) is 17.0. The van der Waals surface area contributed by atoms with E-state index in [9.17, 15) is 9.59 Å². The highest BCUT2D eigenvalue weighted by Crippen LogP contribution is 2.48. The van der Waals surface area contributed by atoms with Gasteiger partial charge in [-0.25, -0.2) is 0 Å². The second-order valence-corrected chi connectivity index (χ2v) is 9.96. The summed E-state index contributed by atoms with van der Waals surface area (Å²) in [6.07, 6.45) is 0.724. The number of nitrogens with zero attached hydrogens (tertiary/aromatic N) is 2. The van der Waals surface area contributed by atoms with Gasteiger partial charge in [0, 0.05) is 29.9 Å². The van der Waals surface area contributed by atoms with Gasteiger partial charge < -0.3 is 14.8 Å². The second kappa shape index (κ2) is 8.12. The van der Waals surface area contributed by atoms with Crippen molar-refractivity contribution in [1.29, 1.82) is 0 Å². The average molecular weight is 464 g/mol. The molecular weight excluding hydrogens is 434 g/mol. The first-order valence-electron chi connectivity index (χ1n) is 12.3. The number of aryl methyl sites for hydroxylation is 1. The summed E-state index contributed by atoms with van der Waals surface area (Å²) in [5.41, 5.74) is 5.45. The Kier molecular flexibility index (Phi) is 5.03. The van der Waals surface area contributed by atoms with Gasteiger partial charge in [-0.2, -0.15) is 0 Å². The number of hydrogen-bond donors (Lipinski definition) is 1. The molecule has 1 aromatic heterocycles. The maximum absolute atomic E-state index is 14.1. The van der Waals surface area contributed by atoms with E-state index in [-0.39, 0.29) is 24.3 Å². The summed E-state index contributed by atoms with van der Waals surface area (Å²) in [6, 6.07) is 26.9. The summed E-state index contributed by atoms with van der Waals surface area (Å²) in [4.78, 5) is 34.8. The quantitative estimate of drug-likeness (QED) is 0.475. The molecule has 3 heterocycles. The van der Waals surface area contributed by atoms with Gasteiger partial charge in [-0.05, 0) is 43.0 Å². The lowest BCUT2D eigenvalue weighted by atomic mass is 9.76. The third-order valence-corrected chi connectivity index (χ3v) is 7.81. The number of carbonyl (C=O) groups excluding carboxylic acids is 2. The molecule has 0 radical (unpaired) electrons. The zero-order valence-electron chi connectivity index (χ0n) is 20.1. The summed E-state index contributed by atoms with van der Waals surface area (Å²) < 4.78 is 0. The van der Waals surface area contributed by atoms with Crippen LogP contribution >= 0.6 is 0 Å². The van der Waals surface area contributed by atoms with Crippen LogP contribution in [-0.2, 0) is 21.5 Å². The smallest absolute Gasteiger partial charge is 0.254 e. The number of fused-ring (bicyclic) bond motifs is 5. The minimum Gasteiger partial charge on any atom is -0.356 e. The molecular formula is C30H29N3O2. The Bertz CT molecular complexity index is 1420. The van der Waals surface area contributed by atoms with Gasteiger partial charge in [-0.15, -0.1) is 0 Å². The maximum atomic E-state index is 14.1. The van der Waals surface area contributed by atoms with E-state index in [1.54, 1.807) is 4.90 Å². The number of aromatic amines is 1. The number of piperazine rings is 1. The predicted octanol–water partition coefficient (Wildman–Crippen LogP) is 4.75. The number of rotatable bonds is 4. The number of para-hydroxylation sites is 1. The lowest BCUT2D eigenvalue weighted by Crippen LogP contribution is -2.67. The van der Waals surface area contributed by atoms with E-state index in [0.717, 1.165) is 39.7 Å². The largest absolute Gasteiger partial charge is 0.356 e. The van der Waals surface area contributed by atoms with Gasteiger partial charge in [-0.1, -0.05) is 78.4 Å². The van der Waals surface area contributed by atoms with Crippen LogP contribution < -0.4 is 0 Å². The van der Waals surface area contributed by atoms with Crippen LogP contribution in [0.4, 0.5) is 0 Å². The Morgan fingerprint density at radius 3 is 2.43 bits per heavy atom. The van der Waals surface area contributed by atoms with Gasteiger partial charge >= 0.3 is 0 Å². The Balaban J connectivity index is 1.45. The summed E-state index contributed by atoms with van der Waals surface area (Å²) in [5, 5.41) is 1.12. The van der Waals surface area contributed by atoms with Crippen molar-refractivity contribution in [2.24, 2.45) is 0 Å². The van der Waals surface area contributed by atoms with Gasteiger partial charge in [0.25, 0.3) is 5.91 Å². The van der Waals surface area contributed by atoms with E-state index in [2.05, 4.69) is 60.4 Å². The molecule has 1 fully saturated rings. The van der Waals surface area contributed by atoms with Gasteiger partial charge in [0.15, 0.2) is 5.54 Å². The fourth-order valence-electron chi connectivity index (χ4n) is 5.86. The molecule has 2 atom stereocenters. The first-order valence-corrected chi connectivity index (χ1v) is 12.3. The van der Waals surface area contributed by atoms with E-state index in [1.807, 2.05) is 42.2 Å². The highest BCUT2D eigenvalue weighted by Gasteiger charge is 2.56. The van der Waals surface area contributed by atoms with Crippen molar-refractivity contribution in [3.8, 4) is 0 Å². The van der Waals surface area contributed by atoms with Crippen molar-refractivity contribution in [2.75, 3.05) is 19.6 Å². The third-order valence-electron chi connectivity index (χ3n) is 7.81. The van der Waals surface area contributed by atoms with Gasteiger partial charge in [0.1, 0.15) is 0 Å². The summed E-state index contributed by atoms with van der Waals surface area (Å²) in [5.74, 6) is -0.00721. The molecule has 0 saturated carbocycles. The number of benzene rings is 3. The van der Waals surface area contributed by atoms with Crippen LogP contribution in [-0.4, -0.2) is 46.2 Å². The number of aromatic nitrogens is 1. The monoisotopic (exact) mass is 463 g/mol. The lowest BCUT2D eigenvalue weighted by Gasteiger charge is -2.51. The highest BCUT2D eigenvalue weighted by atomic mass is 16.2. The molecule has 4 aromatic rings. The number of H-pyrrole nitrogens is 1. The minimum atomic E-state index is -1.05. The standard InChI is InChI=1S/C30H29N3O2/c1-20-12-14-22(15-13-20)24-18-33-26(34)19-32(17-16-21-8-4-3-5-9-21)29(35)30(33,2)28-27(24)23-10-6-7-11-25(23)31-28/h3-15,24,31H,16-19H2,1-2H3/t24?,30-/m0/s1. The highest BCUT2D eigenvalue weighted by molar-refractivity contribution is 6.01. The Morgan fingerprint density at radius 2 is 1.66 bits per heavy atom. The van der Waals surface area contributed by atoms with Crippen molar-refractivity contribution >= 4 is 22.7 Å². The van der Waals surface area contributed by atoms with Crippen molar-refractivity contribution in [2.45, 2.75) is 31.7 Å². The molecule has 1 N–H and O–H groups in total. The molecule has 6 rings (SSSR count). The van der Waals surface area contributed by atoms with Crippen molar-refractivity contribution < 1.29 is 9.59 Å². The molecule has 35 heavy (non-hydrogen) atoms. The first kappa shape index (κ1) is 21.7. The van der Waals surface area contributed by atoms with Gasteiger partial charge in [0.2, 0.25) is 5.91 Å². The van der Waals surface area contributed by atoms with Gasteiger partial charge in [0.05, 0.1) is 12.2 Å². The Hall–Kier alpha value is -3.86. The molecule has 3 aromatic carbocycles. The van der Waals surface area contributed by atoms with E-state index < -0.39 is 5.54 Å². The van der Waals surface area contributed by atoms with Crippen molar-refractivity contribution in [1.82, 2.24) is 14.8 Å². The molecule has 1 saturated heterocycles. The molecule has 0 spiro atoms. The van der Waals surface area contributed by atoms with Crippen LogP contribution in [0.3, 0.4) is 0 Å². The number of nitrogens with one attached hydrogen (secondary N) is 1. The van der Waals surface area contributed by atoms with Crippen LogP contribution in [0.5, 0.6) is 0 Å². The molecule has 2 aliphatic heterocycles. The van der Waals surface area contributed by atoms with E-state index in [1.165, 1.54) is 5.56 Å². The second-order valence-electron chi connectivity index (χ2n) is 9.96. The van der Waals surface area contributed by atoms with Crippen LogP contribution in [0, 0.1) is 6.92 Å². The minimum absolute atomic E-state index is 0.00146. The van der Waals surface area contributed by atoms with E-state index in [0.29, 0.717) is 13.1 Å². The molecule has 0 bridgehead atoms. The van der Waals surface area contributed by atoms with E-state index >= 15 is 0 Å². The summed E-state index contributed by atoms with van der Waals surface area (Å²) in [6.45, 7) is 5.13. The summed E-state index contributed by atoms with van der Waals surface area (Å²) in [7, 11) is 0. The number of hydrogen-bond acceptors (Lipinski definition) is 2. The molecule has 176 valence electrons. The van der Waals surface area contributed by atoms with E-state index in [4.69, 9.17) is 0 Å². The lowest BCUT2D eigenvalue weighted by molar-refractivity contribution is -0.166. The normalized spacial score (nSPS) is 21.8. The number of amides is 2. The van der Waals surface area contributed by atoms with Gasteiger partial charge in [-0.3, -0.25) is 9.59 Å². The zero-order valence-corrected chi connectivity index (χ0v) is 20.1. The average Bonchev–Trinajstić information content (AvgIpc) is 3.28. The van der Waals surface area contributed by atoms with Crippen LogP contribution in [0.25, 0.3) is 10.9 Å². The molecule has 5 heteroatoms. The SMILES string of the molecule is Cc1ccc(C2CN3C(=O)CN(CCc4ccccc4)C(=O)[C@]3(C)c3[nH]c4ccccc4c32)cc1. The van der Waals surface area contributed by atoms with Crippen molar-refractivity contribution in [3.63, 3.8) is 0 Å².